The van der Waals surface area contributed by atoms with Crippen molar-refractivity contribution in [1.82, 2.24) is 0 Å². The van der Waals surface area contributed by atoms with Crippen LogP contribution in [0.5, 0.6) is 0 Å². The van der Waals surface area contributed by atoms with Gasteiger partial charge in [0.1, 0.15) is 0 Å². The van der Waals surface area contributed by atoms with E-state index in [-0.39, 0.29) is 0 Å². The van der Waals surface area contributed by atoms with E-state index in [0.29, 0.717) is 5.92 Å². The molecule has 0 aromatic heterocycles. The van der Waals surface area contributed by atoms with Crippen LogP contribution in [0.1, 0.15) is 56.6 Å². The molecule has 2 rings (SSSR count). The average Bonchev–Trinajstić information content (AvgIpc) is 2.56. The van der Waals surface area contributed by atoms with Gasteiger partial charge in [0.15, 0.2) is 0 Å². The Morgan fingerprint density at radius 3 is 2.18 bits per heavy atom. The van der Waals surface area contributed by atoms with Crippen molar-refractivity contribution in [2.24, 2.45) is 0 Å². The molecule has 0 heterocycles. The number of benzene rings is 2. The Hall–Kier alpha value is -1.82. The Balaban J connectivity index is 2.08. The fourth-order valence-corrected chi connectivity index (χ4v) is 2.98. The molecule has 22 heavy (non-hydrogen) atoms. The van der Waals surface area contributed by atoms with Gasteiger partial charge in [-0.1, -0.05) is 98.5 Å². The van der Waals surface area contributed by atoms with E-state index in [9.17, 15) is 0 Å². The van der Waals surface area contributed by atoms with E-state index in [4.69, 9.17) is 0 Å². The quantitative estimate of drug-likeness (QED) is 0.383. The smallest absolute Gasteiger partial charge is 0.00206 e. The number of rotatable bonds is 8. The zero-order valence-electron chi connectivity index (χ0n) is 14.0. The summed E-state index contributed by atoms with van der Waals surface area (Å²) in [5.41, 5.74) is 4.32. The molecule has 0 aliphatic heterocycles. The third kappa shape index (κ3) is 5.52. The number of unbranched alkanes of at least 4 members (excludes halogenated alkanes) is 2. The number of allylic oxidation sites excluding steroid dienone is 2. The summed E-state index contributed by atoms with van der Waals surface area (Å²) >= 11 is 0. The monoisotopic (exact) mass is 292 g/mol. The third-order valence-corrected chi connectivity index (χ3v) is 4.16. The lowest BCUT2D eigenvalue weighted by Gasteiger charge is -2.15. The van der Waals surface area contributed by atoms with Crippen molar-refractivity contribution in [3.05, 3.63) is 83.4 Å². The molecule has 0 fully saturated rings. The Morgan fingerprint density at radius 2 is 1.55 bits per heavy atom. The molecule has 0 saturated heterocycles. The predicted octanol–water partition coefficient (Wildman–Crippen LogP) is 6.54. The lowest BCUT2D eigenvalue weighted by atomic mass is 9.90. The van der Waals surface area contributed by atoms with Gasteiger partial charge in [-0.05, 0) is 30.9 Å². The molecule has 0 aliphatic rings. The fraction of sp³-hybridized carbons (Fsp3) is 0.364. The average molecular weight is 292 g/mol. The molecule has 1 atom stereocenters. The van der Waals surface area contributed by atoms with Gasteiger partial charge in [0.25, 0.3) is 0 Å². The maximum Gasteiger partial charge on any atom is 0.00206 e. The van der Waals surface area contributed by atoms with Crippen LogP contribution in [-0.2, 0) is 6.42 Å². The molecule has 0 saturated carbocycles. The minimum atomic E-state index is 0.552. The van der Waals surface area contributed by atoms with Crippen LogP contribution >= 0.6 is 0 Å². The summed E-state index contributed by atoms with van der Waals surface area (Å²) in [5, 5.41) is 0. The Morgan fingerprint density at radius 1 is 0.909 bits per heavy atom. The summed E-state index contributed by atoms with van der Waals surface area (Å²) in [6.45, 7) is 4.54. The van der Waals surface area contributed by atoms with Crippen LogP contribution in [0.25, 0.3) is 0 Å². The molecule has 0 nitrogen and oxygen atoms in total. The van der Waals surface area contributed by atoms with Crippen molar-refractivity contribution in [3.8, 4) is 0 Å². The van der Waals surface area contributed by atoms with Crippen molar-refractivity contribution in [1.29, 1.82) is 0 Å². The van der Waals surface area contributed by atoms with E-state index in [1.807, 2.05) is 0 Å². The SMILES string of the molecule is CCCCCC(C=C(C)Cc1ccccc1)c1ccccc1. The van der Waals surface area contributed by atoms with E-state index >= 15 is 0 Å². The molecule has 0 heteroatoms. The van der Waals surface area contributed by atoms with Gasteiger partial charge < -0.3 is 0 Å². The van der Waals surface area contributed by atoms with Gasteiger partial charge in [0, 0.05) is 5.92 Å². The fourth-order valence-electron chi connectivity index (χ4n) is 2.98. The standard InChI is InChI=1S/C22H28/c1-3-4-7-16-22(21-14-10-6-11-15-21)18-19(2)17-20-12-8-5-9-13-20/h5-6,8-15,18,22H,3-4,7,16-17H2,1-2H3. The van der Waals surface area contributed by atoms with Crippen LogP contribution in [0.3, 0.4) is 0 Å². The molecule has 0 N–H and O–H groups in total. The summed E-state index contributed by atoms with van der Waals surface area (Å²) in [4.78, 5) is 0. The highest BCUT2D eigenvalue weighted by Crippen LogP contribution is 2.26. The van der Waals surface area contributed by atoms with Crippen LogP contribution in [0, 0.1) is 0 Å². The first kappa shape index (κ1) is 16.5. The lowest BCUT2D eigenvalue weighted by Crippen LogP contribution is -1.98. The van der Waals surface area contributed by atoms with Gasteiger partial charge in [0.05, 0.1) is 0 Å². The second kappa shape index (κ2) is 9.25. The van der Waals surface area contributed by atoms with Crippen LogP contribution in [0.2, 0.25) is 0 Å². The van der Waals surface area contributed by atoms with Crippen molar-refractivity contribution in [3.63, 3.8) is 0 Å². The third-order valence-electron chi connectivity index (χ3n) is 4.16. The van der Waals surface area contributed by atoms with Crippen LogP contribution in [0.15, 0.2) is 72.3 Å². The molecule has 0 aliphatic carbocycles. The van der Waals surface area contributed by atoms with Crippen molar-refractivity contribution in [2.45, 2.75) is 51.9 Å². The largest absolute Gasteiger partial charge is 0.0777 e. The first-order chi connectivity index (χ1) is 10.8. The van der Waals surface area contributed by atoms with Gasteiger partial charge in [0.2, 0.25) is 0 Å². The molecule has 2 aromatic carbocycles. The zero-order valence-corrected chi connectivity index (χ0v) is 14.0. The highest BCUT2D eigenvalue weighted by molar-refractivity contribution is 5.27. The summed E-state index contributed by atoms with van der Waals surface area (Å²) in [7, 11) is 0. The van der Waals surface area contributed by atoms with Gasteiger partial charge in [-0.15, -0.1) is 0 Å². The maximum absolute atomic E-state index is 2.48. The molecule has 0 radical (unpaired) electrons. The number of hydrogen-bond donors (Lipinski definition) is 0. The van der Waals surface area contributed by atoms with Gasteiger partial charge in [-0.3, -0.25) is 0 Å². The van der Waals surface area contributed by atoms with Crippen molar-refractivity contribution < 1.29 is 0 Å². The zero-order chi connectivity index (χ0) is 15.6. The predicted molar refractivity (Wildman–Crippen MR) is 97.2 cm³/mol. The summed E-state index contributed by atoms with van der Waals surface area (Å²) in [6.07, 6.45) is 8.72. The first-order valence-corrected chi connectivity index (χ1v) is 8.55. The molecular weight excluding hydrogens is 264 g/mol. The first-order valence-electron chi connectivity index (χ1n) is 8.55. The summed E-state index contributed by atoms with van der Waals surface area (Å²) in [5.74, 6) is 0.552. The van der Waals surface area contributed by atoms with E-state index in [1.54, 1.807) is 0 Å². The van der Waals surface area contributed by atoms with Crippen LogP contribution in [0.4, 0.5) is 0 Å². The molecule has 116 valence electrons. The molecule has 0 spiro atoms. The Kier molecular flexibility index (Phi) is 6.96. The van der Waals surface area contributed by atoms with E-state index < -0.39 is 0 Å². The van der Waals surface area contributed by atoms with Crippen molar-refractivity contribution in [2.75, 3.05) is 0 Å². The molecule has 0 bridgehead atoms. The molecule has 1 unspecified atom stereocenters. The number of hydrogen-bond acceptors (Lipinski definition) is 0. The van der Waals surface area contributed by atoms with Gasteiger partial charge >= 0.3 is 0 Å². The second-order valence-electron chi connectivity index (χ2n) is 6.19. The van der Waals surface area contributed by atoms with E-state index in [2.05, 4.69) is 80.6 Å². The lowest BCUT2D eigenvalue weighted by molar-refractivity contribution is 0.626. The highest BCUT2D eigenvalue weighted by Gasteiger charge is 2.08. The highest BCUT2D eigenvalue weighted by atomic mass is 14.1. The summed E-state index contributed by atoms with van der Waals surface area (Å²) < 4.78 is 0. The van der Waals surface area contributed by atoms with E-state index in [1.165, 1.54) is 42.4 Å². The maximum atomic E-state index is 2.48. The van der Waals surface area contributed by atoms with Gasteiger partial charge in [-0.25, -0.2) is 0 Å². The normalized spacial score (nSPS) is 13.1. The topological polar surface area (TPSA) is 0 Å². The van der Waals surface area contributed by atoms with Gasteiger partial charge in [-0.2, -0.15) is 0 Å². The molecule has 0 amide bonds. The Bertz CT molecular complexity index is 551. The Labute approximate surface area is 135 Å². The van der Waals surface area contributed by atoms with Crippen LogP contribution < -0.4 is 0 Å². The minimum absolute atomic E-state index is 0.552. The second-order valence-corrected chi connectivity index (χ2v) is 6.19. The van der Waals surface area contributed by atoms with Crippen LogP contribution in [-0.4, -0.2) is 0 Å². The summed E-state index contributed by atoms with van der Waals surface area (Å²) in [6, 6.07) is 21.7. The molecule has 2 aromatic rings. The molecular formula is C22H28. The van der Waals surface area contributed by atoms with E-state index in [0.717, 1.165) is 6.42 Å². The minimum Gasteiger partial charge on any atom is -0.0777 e. The van der Waals surface area contributed by atoms with Crippen molar-refractivity contribution >= 4 is 0 Å².